The first-order valence-corrected chi connectivity index (χ1v) is 10.0. The van der Waals surface area contributed by atoms with Crippen molar-refractivity contribution in [2.45, 2.75) is 19.9 Å². The Balaban J connectivity index is 1.92. The average Bonchev–Trinajstić information content (AvgIpc) is 3.16. The molecule has 0 radical (unpaired) electrons. The van der Waals surface area contributed by atoms with Gasteiger partial charge in [0, 0.05) is 26.3 Å². The second-order valence-electron chi connectivity index (χ2n) is 7.20. The molecule has 11 heteroatoms. The summed E-state index contributed by atoms with van der Waals surface area (Å²) in [5, 5.41) is 6.36. The molecule has 0 aliphatic carbocycles. The lowest BCUT2D eigenvalue weighted by Gasteiger charge is -2.25. The zero-order valence-corrected chi connectivity index (χ0v) is 18.0. The van der Waals surface area contributed by atoms with Gasteiger partial charge in [-0.15, -0.1) is 0 Å². The van der Waals surface area contributed by atoms with Crippen LogP contribution in [0.25, 0.3) is 0 Å². The van der Waals surface area contributed by atoms with E-state index < -0.39 is 17.2 Å². The number of aromatic amines is 1. The van der Waals surface area contributed by atoms with Crippen LogP contribution >= 0.6 is 0 Å². The van der Waals surface area contributed by atoms with Gasteiger partial charge in [0.1, 0.15) is 17.3 Å². The number of benzene rings is 1. The number of hydrogen-bond acceptors (Lipinski definition) is 8. The zero-order valence-electron chi connectivity index (χ0n) is 18.0. The number of nitrogen functional groups attached to an aromatic ring is 1. The number of anilines is 3. The molecule has 4 N–H and O–H groups in total. The van der Waals surface area contributed by atoms with Crippen LogP contribution in [-0.2, 0) is 16.1 Å². The van der Waals surface area contributed by atoms with Crippen molar-refractivity contribution in [3.8, 4) is 0 Å². The largest absolute Gasteiger partial charge is 0.385 e. The second-order valence-corrected chi connectivity index (χ2v) is 7.20. The smallest absolute Gasteiger partial charge is 0.330 e. The summed E-state index contributed by atoms with van der Waals surface area (Å²) in [7, 11) is 1.56. The van der Waals surface area contributed by atoms with Crippen LogP contribution in [0.15, 0.2) is 50.5 Å². The van der Waals surface area contributed by atoms with Crippen molar-refractivity contribution < 1.29 is 14.1 Å². The number of nitrogens with two attached hydrogens (primary N) is 1. The van der Waals surface area contributed by atoms with E-state index in [4.69, 9.17) is 15.0 Å². The van der Waals surface area contributed by atoms with Crippen molar-refractivity contribution in [3.63, 3.8) is 0 Å². The highest BCUT2D eigenvalue weighted by Crippen LogP contribution is 2.18. The molecule has 0 unspecified atom stereocenters. The number of carbonyl (C=O) groups excluding carboxylic acids is 1. The van der Waals surface area contributed by atoms with Crippen LogP contribution < -0.4 is 27.2 Å². The van der Waals surface area contributed by atoms with Crippen molar-refractivity contribution in [1.29, 1.82) is 0 Å². The van der Waals surface area contributed by atoms with Gasteiger partial charge in [-0.2, -0.15) is 0 Å². The normalized spacial score (nSPS) is 10.8. The Morgan fingerprint density at radius 1 is 1.31 bits per heavy atom. The molecule has 11 nitrogen and oxygen atoms in total. The SMILES string of the molecule is COCCCN(CC(=O)Nc1cc(C)on1)c1c(N)n(Cc2ccccc2)c(=O)[nH]c1=O. The van der Waals surface area contributed by atoms with E-state index in [-0.39, 0.29) is 30.4 Å². The lowest BCUT2D eigenvalue weighted by Crippen LogP contribution is -2.42. The summed E-state index contributed by atoms with van der Waals surface area (Å²) >= 11 is 0. The number of aromatic nitrogens is 3. The summed E-state index contributed by atoms with van der Waals surface area (Å²) in [6, 6.07) is 10.8. The predicted molar refractivity (Wildman–Crippen MR) is 120 cm³/mol. The van der Waals surface area contributed by atoms with Gasteiger partial charge in [-0.3, -0.25) is 19.1 Å². The lowest BCUT2D eigenvalue weighted by molar-refractivity contribution is -0.115. The van der Waals surface area contributed by atoms with Gasteiger partial charge in [0.2, 0.25) is 5.91 Å². The van der Waals surface area contributed by atoms with Crippen LogP contribution in [0.3, 0.4) is 0 Å². The van der Waals surface area contributed by atoms with Crippen molar-refractivity contribution in [2.24, 2.45) is 0 Å². The second kappa shape index (κ2) is 10.4. The minimum atomic E-state index is -0.667. The van der Waals surface area contributed by atoms with Crippen LogP contribution in [0.1, 0.15) is 17.7 Å². The molecule has 0 atom stereocenters. The number of aryl methyl sites for hydroxylation is 1. The third kappa shape index (κ3) is 5.64. The number of amides is 1. The first-order valence-electron chi connectivity index (χ1n) is 10.0. The summed E-state index contributed by atoms with van der Waals surface area (Å²) in [5.74, 6) is 0.367. The topological polar surface area (TPSA) is 148 Å². The van der Waals surface area contributed by atoms with Crippen LogP contribution in [0.5, 0.6) is 0 Å². The van der Waals surface area contributed by atoms with E-state index in [9.17, 15) is 14.4 Å². The molecule has 2 aromatic heterocycles. The Morgan fingerprint density at radius 2 is 2.06 bits per heavy atom. The van der Waals surface area contributed by atoms with Crippen molar-refractivity contribution in [3.05, 3.63) is 68.6 Å². The highest BCUT2D eigenvalue weighted by molar-refractivity contribution is 5.93. The van der Waals surface area contributed by atoms with Crippen molar-refractivity contribution in [2.75, 3.05) is 42.8 Å². The van der Waals surface area contributed by atoms with E-state index in [1.807, 2.05) is 30.3 Å². The molecule has 3 aromatic rings. The first-order chi connectivity index (χ1) is 15.4. The van der Waals surface area contributed by atoms with Crippen LogP contribution in [0.2, 0.25) is 0 Å². The number of carbonyl (C=O) groups is 1. The maximum absolute atomic E-state index is 12.7. The predicted octanol–water partition coefficient (Wildman–Crippen LogP) is 0.945. The minimum absolute atomic E-state index is 0.0231. The van der Waals surface area contributed by atoms with Crippen molar-refractivity contribution >= 4 is 23.2 Å². The van der Waals surface area contributed by atoms with Crippen LogP contribution in [-0.4, -0.2) is 47.4 Å². The van der Waals surface area contributed by atoms with Gasteiger partial charge < -0.3 is 25.2 Å². The van der Waals surface area contributed by atoms with Crippen LogP contribution in [0.4, 0.5) is 17.3 Å². The summed E-state index contributed by atoms with van der Waals surface area (Å²) in [6.45, 7) is 2.41. The van der Waals surface area contributed by atoms with Gasteiger partial charge in [-0.25, -0.2) is 4.79 Å². The number of nitrogens with zero attached hydrogens (tertiary/aromatic N) is 3. The zero-order chi connectivity index (χ0) is 23.1. The summed E-state index contributed by atoms with van der Waals surface area (Å²) in [6.07, 6.45) is 0.531. The molecule has 0 aliphatic rings. The molecule has 32 heavy (non-hydrogen) atoms. The van der Waals surface area contributed by atoms with Gasteiger partial charge in [-0.1, -0.05) is 35.5 Å². The van der Waals surface area contributed by atoms with Gasteiger partial charge in [0.25, 0.3) is 5.56 Å². The summed E-state index contributed by atoms with van der Waals surface area (Å²) in [4.78, 5) is 41.6. The van der Waals surface area contributed by atoms with E-state index in [1.165, 1.54) is 9.47 Å². The molecule has 0 spiro atoms. The van der Waals surface area contributed by atoms with Crippen LogP contribution in [0, 0.1) is 6.92 Å². The Kier molecular flexibility index (Phi) is 7.45. The molecule has 0 fully saturated rings. The highest BCUT2D eigenvalue weighted by atomic mass is 16.5. The number of hydrogen-bond donors (Lipinski definition) is 3. The third-order valence-corrected chi connectivity index (χ3v) is 4.72. The molecule has 1 amide bonds. The molecule has 0 aliphatic heterocycles. The lowest BCUT2D eigenvalue weighted by atomic mass is 10.2. The van der Waals surface area contributed by atoms with E-state index in [2.05, 4.69) is 15.5 Å². The van der Waals surface area contributed by atoms with E-state index >= 15 is 0 Å². The number of ether oxygens (including phenoxy) is 1. The number of methoxy groups -OCH3 is 1. The molecule has 2 heterocycles. The number of rotatable bonds is 10. The standard InChI is InChI=1S/C21H26N6O5/c1-14-11-16(25-32-14)23-17(28)13-26(9-6-10-31-2)18-19(22)27(21(30)24-20(18)29)12-15-7-4-3-5-8-15/h3-5,7-8,11H,6,9-10,12-13,22H2,1-2H3,(H,23,25,28)(H,24,29,30). The Hall–Kier alpha value is -3.86. The van der Waals surface area contributed by atoms with Gasteiger partial charge in [-0.05, 0) is 18.9 Å². The van der Waals surface area contributed by atoms with E-state index in [0.717, 1.165) is 5.56 Å². The maximum Gasteiger partial charge on any atom is 0.330 e. The van der Waals surface area contributed by atoms with Gasteiger partial charge in [0.05, 0.1) is 13.1 Å². The van der Waals surface area contributed by atoms with E-state index in [0.29, 0.717) is 25.3 Å². The Bertz CT molecular complexity index is 1170. The molecule has 0 saturated heterocycles. The first kappa shape index (κ1) is 22.8. The third-order valence-electron chi connectivity index (χ3n) is 4.72. The fourth-order valence-electron chi connectivity index (χ4n) is 3.26. The monoisotopic (exact) mass is 442 g/mol. The average molecular weight is 442 g/mol. The van der Waals surface area contributed by atoms with Gasteiger partial charge in [0.15, 0.2) is 5.82 Å². The fraction of sp³-hybridized carbons (Fsp3) is 0.333. The molecule has 1 aromatic carbocycles. The highest BCUT2D eigenvalue weighted by Gasteiger charge is 2.21. The molecule has 0 bridgehead atoms. The number of nitrogens with one attached hydrogen (secondary N) is 2. The number of H-pyrrole nitrogens is 1. The maximum atomic E-state index is 12.7. The molecular weight excluding hydrogens is 416 g/mol. The summed E-state index contributed by atoms with van der Waals surface area (Å²) in [5.41, 5.74) is 5.87. The Morgan fingerprint density at radius 3 is 2.72 bits per heavy atom. The minimum Gasteiger partial charge on any atom is -0.385 e. The molecule has 3 rings (SSSR count). The Labute approximate surface area is 183 Å². The quantitative estimate of drug-likeness (QED) is 0.393. The fourth-order valence-corrected chi connectivity index (χ4v) is 3.26. The van der Waals surface area contributed by atoms with Gasteiger partial charge >= 0.3 is 5.69 Å². The van der Waals surface area contributed by atoms with Crippen molar-refractivity contribution in [1.82, 2.24) is 14.7 Å². The van der Waals surface area contributed by atoms with E-state index in [1.54, 1.807) is 20.1 Å². The molecular formula is C21H26N6O5. The molecule has 0 saturated carbocycles. The summed E-state index contributed by atoms with van der Waals surface area (Å²) < 4.78 is 11.3. The molecule has 170 valence electrons.